The van der Waals surface area contributed by atoms with E-state index >= 15 is 0 Å². The Bertz CT molecular complexity index is 1270. The fourth-order valence-corrected chi connectivity index (χ4v) is 5.22. The molecule has 0 saturated carbocycles. The van der Waals surface area contributed by atoms with Crippen molar-refractivity contribution < 1.29 is 12.6 Å². The smallest absolute Gasteiger partial charge is 0.256 e. The molecule has 0 spiro atoms. The van der Waals surface area contributed by atoms with E-state index in [1.165, 1.54) is 0 Å². The Morgan fingerprint density at radius 2 is 1.03 bits per heavy atom. The molecule has 146 valence electrons. The van der Waals surface area contributed by atoms with E-state index in [4.69, 9.17) is 8.37 Å². The lowest BCUT2D eigenvalue weighted by molar-refractivity contribution is 0.192. The van der Waals surface area contributed by atoms with E-state index in [1.807, 2.05) is 60.7 Å². The highest BCUT2D eigenvalue weighted by Gasteiger charge is 2.25. The minimum Gasteiger partial charge on any atom is -0.256 e. The SMILES string of the molecule is O=S(OC1C=Cc2cccc3cccc1c23)OC1C=Cc2cccc3cccc1c23. The predicted octanol–water partition coefficient (Wildman–Crippen LogP) is 6.44. The molecule has 2 aliphatic carbocycles. The average molecular weight is 410 g/mol. The van der Waals surface area contributed by atoms with Gasteiger partial charge in [-0.3, -0.25) is 8.37 Å². The van der Waals surface area contributed by atoms with Gasteiger partial charge in [-0.2, -0.15) is 4.21 Å². The van der Waals surface area contributed by atoms with Crippen molar-refractivity contribution in [3.05, 3.63) is 107 Å². The maximum atomic E-state index is 12.8. The van der Waals surface area contributed by atoms with Gasteiger partial charge in [0.2, 0.25) is 0 Å². The number of hydrogen-bond donors (Lipinski definition) is 0. The number of benzene rings is 4. The van der Waals surface area contributed by atoms with Crippen molar-refractivity contribution in [2.75, 3.05) is 0 Å². The predicted molar refractivity (Wildman–Crippen MR) is 122 cm³/mol. The second-order valence-corrected chi connectivity index (χ2v) is 8.33. The molecule has 3 nitrogen and oxygen atoms in total. The summed E-state index contributed by atoms with van der Waals surface area (Å²) < 4.78 is 24.5. The zero-order valence-corrected chi connectivity index (χ0v) is 16.8. The van der Waals surface area contributed by atoms with E-state index in [-0.39, 0.29) is 0 Å². The number of hydrogen-bond acceptors (Lipinski definition) is 3. The summed E-state index contributed by atoms with van der Waals surface area (Å²) in [6.45, 7) is 0. The molecule has 0 saturated heterocycles. The van der Waals surface area contributed by atoms with Crippen LogP contribution in [0, 0.1) is 0 Å². The summed E-state index contributed by atoms with van der Waals surface area (Å²) in [5, 5.41) is 4.57. The van der Waals surface area contributed by atoms with Crippen LogP contribution in [0.1, 0.15) is 34.5 Å². The average Bonchev–Trinajstić information content (AvgIpc) is 2.78. The molecule has 2 aliphatic rings. The summed E-state index contributed by atoms with van der Waals surface area (Å²) in [5.41, 5.74) is 4.31. The van der Waals surface area contributed by atoms with E-state index in [2.05, 4.69) is 36.4 Å². The maximum absolute atomic E-state index is 12.8. The molecule has 4 heteroatoms. The Kier molecular flexibility index (Phi) is 4.16. The van der Waals surface area contributed by atoms with Crippen LogP contribution in [0.3, 0.4) is 0 Å². The Labute approximate surface area is 177 Å². The molecule has 0 aromatic heterocycles. The van der Waals surface area contributed by atoms with Crippen LogP contribution in [-0.2, 0) is 19.7 Å². The Morgan fingerprint density at radius 1 is 0.600 bits per heavy atom. The van der Waals surface area contributed by atoms with Gasteiger partial charge in [-0.25, -0.2) is 0 Å². The van der Waals surface area contributed by atoms with Crippen LogP contribution in [0.15, 0.2) is 84.9 Å². The van der Waals surface area contributed by atoms with E-state index < -0.39 is 23.6 Å². The zero-order valence-electron chi connectivity index (χ0n) is 16.0. The van der Waals surface area contributed by atoms with Gasteiger partial charge in [-0.05, 0) is 56.0 Å². The zero-order chi connectivity index (χ0) is 20.1. The van der Waals surface area contributed by atoms with Crippen molar-refractivity contribution in [3.8, 4) is 0 Å². The Balaban J connectivity index is 1.28. The second kappa shape index (κ2) is 7.03. The van der Waals surface area contributed by atoms with Crippen LogP contribution < -0.4 is 0 Å². The molecular weight excluding hydrogens is 392 g/mol. The largest absolute Gasteiger partial charge is 0.306 e. The summed E-state index contributed by atoms with van der Waals surface area (Å²) in [6.07, 6.45) is 7.08. The lowest BCUT2D eigenvalue weighted by Crippen LogP contribution is -2.13. The fraction of sp³-hybridized carbons (Fsp3) is 0.0769. The second-order valence-electron chi connectivity index (χ2n) is 7.54. The van der Waals surface area contributed by atoms with Crippen molar-refractivity contribution in [1.29, 1.82) is 0 Å². The molecule has 4 aromatic rings. The standard InChI is InChI=1S/C26H18O3S/c27-30(28-23-15-13-19-7-1-5-17-9-3-11-21(23)25(17)19)29-24-16-14-20-8-2-6-18-10-4-12-22(24)26(18)20/h1-16,23-24H. The van der Waals surface area contributed by atoms with Gasteiger partial charge < -0.3 is 0 Å². The first-order valence-corrected chi connectivity index (χ1v) is 10.9. The Hall–Kier alpha value is -3.05. The van der Waals surface area contributed by atoms with Gasteiger partial charge in [0.25, 0.3) is 0 Å². The molecule has 6 rings (SSSR count). The first-order chi connectivity index (χ1) is 14.8. The molecule has 2 unspecified atom stereocenters. The molecule has 0 bridgehead atoms. The summed E-state index contributed by atoms with van der Waals surface area (Å²) in [4.78, 5) is 0. The van der Waals surface area contributed by atoms with E-state index in [0.29, 0.717) is 0 Å². The van der Waals surface area contributed by atoms with Crippen molar-refractivity contribution in [2.24, 2.45) is 0 Å². The van der Waals surface area contributed by atoms with Crippen molar-refractivity contribution in [2.45, 2.75) is 12.2 Å². The van der Waals surface area contributed by atoms with Gasteiger partial charge in [-0.15, -0.1) is 0 Å². The minimum atomic E-state index is -1.91. The molecule has 0 heterocycles. The van der Waals surface area contributed by atoms with Crippen LogP contribution in [-0.4, -0.2) is 4.21 Å². The summed E-state index contributed by atoms with van der Waals surface area (Å²) in [5.74, 6) is 0. The summed E-state index contributed by atoms with van der Waals surface area (Å²) in [7, 11) is 0. The van der Waals surface area contributed by atoms with E-state index in [9.17, 15) is 4.21 Å². The third kappa shape index (κ3) is 2.84. The van der Waals surface area contributed by atoms with E-state index in [0.717, 1.165) is 43.8 Å². The Morgan fingerprint density at radius 3 is 1.50 bits per heavy atom. The van der Waals surface area contributed by atoms with Crippen LogP contribution in [0.2, 0.25) is 0 Å². The molecule has 30 heavy (non-hydrogen) atoms. The number of rotatable bonds is 4. The third-order valence-corrected chi connectivity index (χ3v) is 6.55. The first kappa shape index (κ1) is 17.8. The lowest BCUT2D eigenvalue weighted by Gasteiger charge is -2.23. The van der Waals surface area contributed by atoms with Crippen LogP contribution in [0.4, 0.5) is 0 Å². The molecule has 0 N–H and O–H groups in total. The van der Waals surface area contributed by atoms with Gasteiger partial charge in [0.05, 0.1) is 0 Å². The molecule has 0 radical (unpaired) electrons. The quantitative estimate of drug-likeness (QED) is 0.388. The highest BCUT2D eigenvalue weighted by molar-refractivity contribution is 7.75. The van der Waals surface area contributed by atoms with Gasteiger partial charge in [0.15, 0.2) is 0 Å². The van der Waals surface area contributed by atoms with E-state index in [1.54, 1.807) is 0 Å². The highest BCUT2D eigenvalue weighted by Crippen LogP contribution is 2.38. The molecule has 2 atom stereocenters. The van der Waals surface area contributed by atoms with Crippen molar-refractivity contribution in [3.63, 3.8) is 0 Å². The molecule has 0 amide bonds. The topological polar surface area (TPSA) is 35.5 Å². The molecule has 0 aliphatic heterocycles. The normalized spacial score (nSPS) is 20.0. The van der Waals surface area contributed by atoms with Crippen molar-refractivity contribution in [1.82, 2.24) is 0 Å². The van der Waals surface area contributed by atoms with Gasteiger partial charge in [0.1, 0.15) is 12.2 Å². The third-order valence-electron chi connectivity index (χ3n) is 5.82. The first-order valence-electron chi connectivity index (χ1n) is 9.94. The highest BCUT2D eigenvalue weighted by atomic mass is 32.2. The monoisotopic (exact) mass is 410 g/mol. The molecular formula is C26H18O3S. The van der Waals surface area contributed by atoms with Crippen LogP contribution in [0.5, 0.6) is 0 Å². The molecule has 0 fully saturated rings. The lowest BCUT2D eigenvalue weighted by atomic mass is 9.92. The van der Waals surface area contributed by atoms with Crippen LogP contribution >= 0.6 is 0 Å². The summed E-state index contributed by atoms with van der Waals surface area (Å²) >= 11 is -1.91. The van der Waals surface area contributed by atoms with Crippen LogP contribution in [0.25, 0.3) is 33.7 Å². The summed E-state index contributed by atoms with van der Waals surface area (Å²) in [6, 6.07) is 24.6. The minimum absolute atomic E-state index is 0.417. The van der Waals surface area contributed by atoms with Gasteiger partial charge >= 0.3 is 11.4 Å². The molecule has 4 aromatic carbocycles. The fourth-order valence-electron chi connectivity index (χ4n) is 4.50. The van der Waals surface area contributed by atoms with Crippen molar-refractivity contribution >= 4 is 45.1 Å². The van der Waals surface area contributed by atoms with Gasteiger partial charge in [0, 0.05) is 0 Å². The maximum Gasteiger partial charge on any atom is 0.306 e. The van der Waals surface area contributed by atoms with Gasteiger partial charge in [-0.1, -0.05) is 84.9 Å².